The van der Waals surface area contributed by atoms with Crippen molar-refractivity contribution in [1.29, 1.82) is 0 Å². The Morgan fingerprint density at radius 3 is 2.43 bits per heavy atom. The van der Waals surface area contributed by atoms with E-state index in [0.29, 0.717) is 5.56 Å². The van der Waals surface area contributed by atoms with Gasteiger partial charge < -0.3 is 15.2 Å². The van der Waals surface area contributed by atoms with Crippen LogP contribution in [0.15, 0.2) is 30.3 Å². The highest BCUT2D eigenvalue weighted by atomic mass is 16.5. The molecule has 0 saturated carbocycles. The van der Waals surface area contributed by atoms with E-state index in [1.54, 1.807) is 37.3 Å². The Hall–Kier alpha value is -2.21. The van der Waals surface area contributed by atoms with Crippen LogP contribution in [-0.4, -0.2) is 42.5 Å². The van der Waals surface area contributed by atoms with Gasteiger partial charge in [0.25, 0.3) is 0 Å². The zero-order valence-corrected chi connectivity index (χ0v) is 13.4. The Labute approximate surface area is 134 Å². The number of carbonyl (C=O) groups is 3. The minimum Gasteiger partial charge on any atom is -0.468 e. The fourth-order valence-corrected chi connectivity index (χ4v) is 3.06. The molecule has 6 heteroatoms. The van der Waals surface area contributed by atoms with Crippen molar-refractivity contribution in [2.45, 2.75) is 19.9 Å². The van der Waals surface area contributed by atoms with Crippen LogP contribution in [0.3, 0.4) is 0 Å². The van der Waals surface area contributed by atoms with E-state index in [1.807, 2.05) is 0 Å². The van der Waals surface area contributed by atoms with E-state index in [4.69, 9.17) is 4.74 Å². The highest BCUT2D eigenvalue weighted by Gasteiger charge is 2.59. The first kappa shape index (κ1) is 17.1. The molecule has 1 saturated heterocycles. The van der Waals surface area contributed by atoms with E-state index in [9.17, 15) is 19.5 Å². The summed E-state index contributed by atoms with van der Waals surface area (Å²) in [6, 6.07) is 7.71. The van der Waals surface area contributed by atoms with Gasteiger partial charge in [0.05, 0.1) is 19.1 Å². The Kier molecular flexibility index (Phi) is 4.85. The number of rotatable bonds is 6. The molecule has 1 fully saturated rings. The van der Waals surface area contributed by atoms with E-state index >= 15 is 0 Å². The summed E-state index contributed by atoms with van der Waals surface area (Å²) < 4.78 is 4.84. The van der Waals surface area contributed by atoms with E-state index in [-0.39, 0.29) is 18.4 Å². The standard InChI is InChI=1S/C17H21NO5/c1-10(9-19)12-13(18-15(12)21)17(2,16(22)23-3)14(20)11-7-5-4-6-8-11/h4-8,10,12-13,19H,9H2,1-3H3,(H,18,21). The van der Waals surface area contributed by atoms with Crippen LogP contribution in [0.4, 0.5) is 0 Å². The summed E-state index contributed by atoms with van der Waals surface area (Å²) in [7, 11) is 1.21. The lowest BCUT2D eigenvalue weighted by molar-refractivity contribution is -0.158. The average Bonchev–Trinajstić information content (AvgIpc) is 2.57. The number of hydrogen-bond acceptors (Lipinski definition) is 5. The van der Waals surface area contributed by atoms with E-state index in [0.717, 1.165) is 0 Å². The SMILES string of the molecule is COC(=O)C(C)(C(=O)c1ccccc1)C1NC(=O)C1C(C)CO. The highest BCUT2D eigenvalue weighted by Crippen LogP contribution is 2.39. The Balaban J connectivity index is 2.43. The van der Waals surface area contributed by atoms with Crippen molar-refractivity contribution in [3.05, 3.63) is 35.9 Å². The molecule has 23 heavy (non-hydrogen) atoms. The average molecular weight is 319 g/mol. The second kappa shape index (κ2) is 6.50. The molecule has 1 aromatic carbocycles. The third-order valence-corrected chi connectivity index (χ3v) is 4.60. The molecule has 1 heterocycles. The maximum Gasteiger partial charge on any atom is 0.321 e. The topological polar surface area (TPSA) is 92.7 Å². The molecule has 6 nitrogen and oxygen atoms in total. The van der Waals surface area contributed by atoms with Gasteiger partial charge in [0.2, 0.25) is 5.91 Å². The third kappa shape index (κ3) is 2.74. The van der Waals surface area contributed by atoms with Gasteiger partial charge in [-0.1, -0.05) is 37.3 Å². The van der Waals surface area contributed by atoms with E-state index in [1.165, 1.54) is 14.0 Å². The van der Waals surface area contributed by atoms with E-state index in [2.05, 4.69) is 5.32 Å². The van der Waals surface area contributed by atoms with Crippen molar-refractivity contribution in [1.82, 2.24) is 5.32 Å². The minimum absolute atomic E-state index is 0.203. The van der Waals surface area contributed by atoms with Gasteiger partial charge in [-0.3, -0.25) is 14.4 Å². The van der Waals surface area contributed by atoms with Crippen molar-refractivity contribution < 1.29 is 24.2 Å². The lowest BCUT2D eigenvalue weighted by atomic mass is 9.64. The van der Waals surface area contributed by atoms with Gasteiger partial charge in [0.15, 0.2) is 5.78 Å². The van der Waals surface area contributed by atoms with Gasteiger partial charge in [-0.25, -0.2) is 0 Å². The predicted octanol–water partition coefficient (Wildman–Crippen LogP) is 0.792. The van der Waals surface area contributed by atoms with Gasteiger partial charge in [0, 0.05) is 12.2 Å². The lowest BCUT2D eigenvalue weighted by Crippen LogP contribution is -2.70. The molecule has 2 N–H and O–H groups in total. The van der Waals surface area contributed by atoms with Gasteiger partial charge in [-0.2, -0.15) is 0 Å². The molecular formula is C17H21NO5. The molecule has 0 spiro atoms. The molecule has 124 valence electrons. The minimum atomic E-state index is -1.54. The molecule has 0 radical (unpaired) electrons. The quantitative estimate of drug-likeness (QED) is 0.350. The van der Waals surface area contributed by atoms with Gasteiger partial charge >= 0.3 is 5.97 Å². The first-order valence-corrected chi connectivity index (χ1v) is 7.47. The molecule has 1 aliphatic rings. The molecule has 1 aromatic rings. The first-order chi connectivity index (χ1) is 10.9. The molecule has 0 aliphatic carbocycles. The predicted molar refractivity (Wildman–Crippen MR) is 82.6 cm³/mol. The number of Topliss-reactive ketones (excluding diaryl/α,β-unsaturated/α-hetero) is 1. The van der Waals surface area contributed by atoms with Crippen LogP contribution in [-0.2, 0) is 14.3 Å². The molecule has 4 atom stereocenters. The van der Waals surface area contributed by atoms with Crippen molar-refractivity contribution in [3.63, 3.8) is 0 Å². The number of nitrogens with one attached hydrogen (secondary N) is 1. The zero-order chi connectivity index (χ0) is 17.2. The smallest absolute Gasteiger partial charge is 0.321 e. The molecule has 4 unspecified atom stereocenters. The monoisotopic (exact) mass is 319 g/mol. The summed E-state index contributed by atoms with van der Waals surface area (Å²) in [6.07, 6.45) is 0. The second-order valence-electron chi connectivity index (χ2n) is 6.06. The molecular weight excluding hydrogens is 298 g/mol. The van der Waals surface area contributed by atoms with E-state index < -0.39 is 29.1 Å². The molecule has 2 rings (SSSR count). The van der Waals surface area contributed by atoms with Crippen LogP contribution < -0.4 is 5.32 Å². The number of esters is 1. The fourth-order valence-electron chi connectivity index (χ4n) is 3.06. The van der Waals surface area contributed by atoms with Gasteiger partial charge in [-0.15, -0.1) is 0 Å². The van der Waals surface area contributed by atoms with Crippen LogP contribution in [0.2, 0.25) is 0 Å². The van der Waals surface area contributed by atoms with Crippen molar-refractivity contribution in [3.8, 4) is 0 Å². The number of carbonyl (C=O) groups excluding carboxylic acids is 3. The Morgan fingerprint density at radius 1 is 1.35 bits per heavy atom. The van der Waals surface area contributed by atoms with Crippen LogP contribution in [0.5, 0.6) is 0 Å². The van der Waals surface area contributed by atoms with Crippen LogP contribution in [0, 0.1) is 17.3 Å². The Bertz CT molecular complexity index is 615. The summed E-state index contributed by atoms with van der Waals surface area (Å²) in [5, 5.41) is 12.0. The number of aliphatic hydroxyl groups is 1. The summed E-state index contributed by atoms with van der Waals surface area (Å²) in [5.74, 6) is -2.36. The summed E-state index contributed by atoms with van der Waals surface area (Å²) in [6.45, 7) is 2.99. The van der Waals surface area contributed by atoms with Crippen molar-refractivity contribution >= 4 is 17.7 Å². The number of methoxy groups -OCH3 is 1. The second-order valence-corrected chi connectivity index (χ2v) is 6.06. The van der Waals surface area contributed by atoms with Crippen molar-refractivity contribution in [2.75, 3.05) is 13.7 Å². The number of β-lactam (4-membered cyclic amide) rings is 1. The molecule has 1 amide bonds. The Morgan fingerprint density at radius 2 is 1.96 bits per heavy atom. The molecule has 0 aromatic heterocycles. The van der Waals surface area contributed by atoms with Crippen LogP contribution in [0.25, 0.3) is 0 Å². The summed E-state index contributed by atoms with van der Waals surface area (Å²) >= 11 is 0. The lowest BCUT2D eigenvalue weighted by Gasteiger charge is -2.47. The first-order valence-electron chi connectivity index (χ1n) is 7.47. The third-order valence-electron chi connectivity index (χ3n) is 4.60. The van der Waals surface area contributed by atoms with Crippen LogP contribution in [0.1, 0.15) is 24.2 Å². The number of ether oxygens (including phenoxy) is 1. The summed E-state index contributed by atoms with van der Waals surface area (Å²) in [4.78, 5) is 37.2. The molecule has 1 aliphatic heterocycles. The number of hydrogen-bond donors (Lipinski definition) is 2. The highest BCUT2D eigenvalue weighted by molar-refractivity contribution is 6.14. The number of benzene rings is 1. The normalized spacial score (nSPS) is 23.9. The van der Waals surface area contributed by atoms with Crippen molar-refractivity contribution in [2.24, 2.45) is 17.3 Å². The zero-order valence-electron chi connectivity index (χ0n) is 13.4. The van der Waals surface area contributed by atoms with Crippen LogP contribution >= 0.6 is 0 Å². The van der Waals surface area contributed by atoms with Gasteiger partial charge in [-0.05, 0) is 12.8 Å². The largest absolute Gasteiger partial charge is 0.468 e. The van der Waals surface area contributed by atoms with Gasteiger partial charge in [0.1, 0.15) is 5.41 Å². The number of amides is 1. The summed E-state index contributed by atoms with van der Waals surface area (Å²) in [5.41, 5.74) is -1.17. The number of aliphatic hydroxyl groups excluding tert-OH is 1. The number of ketones is 1. The fraction of sp³-hybridized carbons (Fsp3) is 0.471. The maximum atomic E-state index is 12.9. The molecule has 0 bridgehead atoms. The maximum absolute atomic E-state index is 12.9.